The Hall–Kier alpha value is -3.77. The highest BCUT2D eigenvalue weighted by atomic mass is 32.2. The normalized spacial score (nSPS) is 18.9. The lowest BCUT2D eigenvalue weighted by atomic mass is 10.0. The number of thiazole rings is 1. The SMILES string of the molecule is C=CCn1nnnc1SCC1=C(C(=O)O)N2C(=O)C(NC(=O)C(=NOC(C)C)c3csc(NC=O)n3)[C@@H]2SC1. The first-order valence-electron chi connectivity index (χ1n) is 11.4. The number of aliphatic carboxylic acids is 1. The number of nitrogens with one attached hydrogen (secondary N) is 2. The number of thioether (sulfide) groups is 2. The van der Waals surface area contributed by atoms with Crippen molar-refractivity contribution in [2.24, 2.45) is 5.16 Å². The van der Waals surface area contributed by atoms with Gasteiger partial charge in [0, 0.05) is 16.9 Å². The number of carbonyl (C=O) groups excluding carboxylic acids is 3. The van der Waals surface area contributed by atoms with Gasteiger partial charge in [0.2, 0.25) is 11.6 Å². The molecule has 2 aromatic heterocycles. The first kappa shape index (κ1) is 28.2. The van der Waals surface area contributed by atoms with Crippen LogP contribution in [-0.2, 0) is 30.6 Å². The number of nitrogens with zero attached hydrogens (tertiary/aromatic N) is 7. The van der Waals surface area contributed by atoms with Crippen LogP contribution in [0.5, 0.6) is 0 Å². The molecule has 1 saturated heterocycles. The second kappa shape index (κ2) is 12.4. The molecule has 3 amide bonds. The molecule has 0 aromatic carbocycles. The zero-order valence-corrected chi connectivity index (χ0v) is 23.1. The number of carboxylic acids is 1. The summed E-state index contributed by atoms with van der Waals surface area (Å²) in [4.78, 5) is 59.7. The Kier molecular flexibility index (Phi) is 8.97. The fourth-order valence-corrected chi connectivity index (χ4v) is 6.58. The largest absolute Gasteiger partial charge is 0.477 e. The third kappa shape index (κ3) is 6.12. The molecule has 18 heteroatoms. The van der Waals surface area contributed by atoms with E-state index in [0.29, 0.717) is 29.4 Å². The maximum Gasteiger partial charge on any atom is 0.352 e. The van der Waals surface area contributed by atoms with Gasteiger partial charge >= 0.3 is 5.97 Å². The van der Waals surface area contributed by atoms with Gasteiger partial charge in [0.15, 0.2) is 10.8 Å². The number of anilines is 1. The molecule has 2 atom stereocenters. The number of carbonyl (C=O) groups is 4. The molecule has 2 aliphatic heterocycles. The molecule has 2 aliphatic rings. The van der Waals surface area contributed by atoms with Crippen LogP contribution in [0.2, 0.25) is 0 Å². The molecule has 0 radical (unpaired) electrons. The Morgan fingerprint density at radius 2 is 2.23 bits per heavy atom. The number of rotatable bonds is 13. The first-order chi connectivity index (χ1) is 18.7. The second-order valence-electron chi connectivity index (χ2n) is 8.23. The lowest BCUT2D eigenvalue weighted by molar-refractivity contribution is -0.150. The fraction of sp³-hybridized carbons (Fsp3) is 0.381. The quantitative estimate of drug-likeness (QED) is 0.0730. The summed E-state index contributed by atoms with van der Waals surface area (Å²) in [6.07, 6.45) is 1.75. The van der Waals surface area contributed by atoms with E-state index in [0.717, 1.165) is 11.3 Å². The van der Waals surface area contributed by atoms with Crippen molar-refractivity contribution in [2.45, 2.75) is 43.1 Å². The fourth-order valence-electron chi connectivity index (χ4n) is 3.55. The monoisotopic (exact) mass is 593 g/mol. The highest BCUT2D eigenvalue weighted by Crippen LogP contribution is 2.41. The van der Waals surface area contributed by atoms with Gasteiger partial charge in [0.1, 0.15) is 28.9 Å². The molecule has 2 aromatic rings. The molecule has 4 rings (SSSR count). The Balaban J connectivity index is 1.49. The van der Waals surface area contributed by atoms with Crippen molar-refractivity contribution in [3.63, 3.8) is 0 Å². The number of oxime groups is 1. The van der Waals surface area contributed by atoms with Crippen LogP contribution in [0.3, 0.4) is 0 Å². The summed E-state index contributed by atoms with van der Waals surface area (Å²) < 4.78 is 1.53. The van der Waals surface area contributed by atoms with Gasteiger partial charge in [0.25, 0.3) is 11.8 Å². The van der Waals surface area contributed by atoms with E-state index >= 15 is 0 Å². The maximum atomic E-state index is 13.2. The molecule has 206 valence electrons. The number of carboxylic acid groups (broad SMARTS) is 1. The number of fused-ring (bicyclic) bond motifs is 1. The average Bonchev–Trinajstić information content (AvgIpc) is 3.55. The summed E-state index contributed by atoms with van der Waals surface area (Å²) in [6, 6.07) is -0.985. The van der Waals surface area contributed by atoms with Crippen molar-refractivity contribution in [3.8, 4) is 0 Å². The second-order valence-corrected chi connectivity index (χ2v) is 11.1. The number of tetrazole rings is 1. The van der Waals surface area contributed by atoms with Crippen molar-refractivity contribution in [1.82, 2.24) is 35.4 Å². The van der Waals surface area contributed by atoms with Crippen molar-refractivity contribution < 1.29 is 29.1 Å². The minimum absolute atomic E-state index is 0.120. The molecular formula is C21H23N9O6S3. The summed E-state index contributed by atoms with van der Waals surface area (Å²) in [5, 5.41) is 31.9. The van der Waals surface area contributed by atoms with Crippen LogP contribution < -0.4 is 10.6 Å². The minimum Gasteiger partial charge on any atom is -0.477 e. The lowest BCUT2D eigenvalue weighted by Crippen LogP contribution is -2.71. The summed E-state index contributed by atoms with van der Waals surface area (Å²) in [5.74, 6) is -1.96. The van der Waals surface area contributed by atoms with Gasteiger partial charge in [-0.25, -0.2) is 14.5 Å². The van der Waals surface area contributed by atoms with Crippen molar-refractivity contribution >= 4 is 69.9 Å². The van der Waals surface area contributed by atoms with Crippen LogP contribution in [0.1, 0.15) is 19.5 Å². The van der Waals surface area contributed by atoms with Crippen molar-refractivity contribution in [2.75, 3.05) is 16.8 Å². The van der Waals surface area contributed by atoms with E-state index in [1.54, 1.807) is 19.9 Å². The predicted octanol–water partition coefficient (Wildman–Crippen LogP) is 0.544. The van der Waals surface area contributed by atoms with Gasteiger partial charge in [-0.3, -0.25) is 19.3 Å². The van der Waals surface area contributed by atoms with Crippen LogP contribution in [0.15, 0.2) is 39.6 Å². The highest BCUT2D eigenvalue weighted by molar-refractivity contribution is 8.01. The zero-order valence-electron chi connectivity index (χ0n) is 20.6. The smallest absolute Gasteiger partial charge is 0.352 e. The molecular weight excluding hydrogens is 570 g/mol. The van der Waals surface area contributed by atoms with Crippen LogP contribution in [0, 0.1) is 0 Å². The number of amides is 3. The minimum atomic E-state index is -1.25. The topological polar surface area (TPSA) is 194 Å². The number of hydrogen-bond donors (Lipinski definition) is 3. The number of aromatic nitrogens is 5. The summed E-state index contributed by atoms with van der Waals surface area (Å²) >= 11 is 3.66. The zero-order chi connectivity index (χ0) is 28.1. The predicted molar refractivity (Wildman–Crippen MR) is 143 cm³/mol. The summed E-state index contributed by atoms with van der Waals surface area (Å²) in [5.41, 5.74) is 0.372. The van der Waals surface area contributed by atoms with E-state index in [1.165, 1.54) is 38.5 Å². The molecule has 0 bridgehead atoms. The third-order valence-corrected chi connectivity index (χ3v) is 8.37. The molecule has 0 aliphatic carbocycles. The maximum absolute atomic E-state index is 13.2. The van der Waals surface area contributed by atoms with Crippen LogP contribution in [-0.4, -0.2) is 94.1 Å². The first-order valence-corrected chi connectivity index (χ1v) is 14.3. The van der Waals surface area contributed by atoms with E-state index < -0.39 is 29.2 Å². The van der Waals surface area contributed by atoms with Crippen LogP contribution in [0.25, 0.3) is 0 Å². The van der Waals surface area contributed by atoms with E-state index in [2.05, 4.69) is 42.9 Å². The number of β-lactam (4-membered cyclic amide) rings is 1. The molecule has 3 N–H and O–H groups in total. The highest BCUT2D eigenvalue weighted by Gasteiger charge is 2.54. The third-order valence-electron chi connectivity index (χ3n) is 5.21. The van der Waals surface area contributed by atoms with E-state index in [9.17, 15) is 24.3 Å². The van der Waals surface area contributed by atoms with Gasteiger partial charge in [-0.2, -0.15) is 0 Å². The standard InChI is InChI=1S/C21H23N9O6S3/c1-4-5-29-21(25-27-28-29)39-7-11-6-37-18-14(17(33)30(18)15(11)19(34)35)24-16(32)13(26-36-10(2)3)12-8-38-20(23-12)22-9-31/h4,8-10,14,18H,1,5-7H2,2-3H3,(H,24,32)(H,34,35)(H,22,23,31)/t14?,18-/m0/s1. The van der Waals surface area contributed by atoms with Crippen LogP contribution >= 0.6 is 34.9 Å². The lowest BCUT2D eigenvalue weighted by Gasteiger charge is -2.49. The molecule has 1 unspecified atom stereocenters. The van der Waals surface area contributed by atoms with Gasteiger partial charge in [-0.15, -0.1) is 34.8 Å². The van der Waals surface area contributed by atoms with Gasteiger partial charge in [-0.05, 0) is 29.8 Å². The average molecular weight is 594 g/mol. The van der Waals surface area contributed by atoms with Gasteiger partial charge in [-0.1, -0.05) is 23.0 Å². The molecule has 0 saturated carbocycles. The van der Waals surface area contributed by atoms with Gasteiger partial charge < -0.3 is 20.6 Å². The van der Waals surface area contributed by atoms with Gasteiger partial charge in [0.05, 0.1) is 6.54 Å². The van der Waals surface area contributed by atoms with E-state index in [1.807, 2.05) is 0 Å². The van der Waals surface area contributed by atoms with E-state index in [4.69, 9.17) is 4.84 Å². The molecule has 1 fully saturated rings. The summed E-state index contributed by atoms with van der Waals surface area (Å²) in [7, 11) is 0. The number of allylic oxidation sites excluding steroid dienone is 1. The Labute approximate surface area is 234 Å². The van der Waals surface area contributed by atoms with Crippen molar-refractivity contribution in [3.05, 3.63) is 35.0 Å². The Morgan fingerprint density at radius 1 is 1.44 bits per heavy atom. The molecule has 4 heterocycles. The Bertz CT molecular complexity index is 1350. The summed E-state index contributed by atoms with van der Waals surface area (Å²) in [6.45, 7) is 7.50. The Morgan fingerprint density at radius 3 is 2.92 bits per heavy atom. The molecule has 39 heavy (non-hydrogen) atoms. The molecule has 0 spiro atoms. The molecule has 15 nitrogen and oxygen atoms in total. The van der Waals surface area contributed by atoms with Crippen LogP contribution in [0.4, 0.5) is 5.13 Å². The number of hydrogen-bond acceptors (Lipinski definition) is 13. The van der Waals surface area contributed by atoms with Crippen molar-refractivity contribution in [1.29, 1.82) is 0 Å². The van der Waals surface area contributed by atoms with E-state index in [-0.39, 0.29) is 34.1 Å².